The fourth-order valence-electron chi connectivity index (χ4n) is 6.42. The second-order valence-corrected chi connectivity index (χ2v) is 11.6. The Hall–Kier alpha value is -3.58. The number of aryl methyl sites for hydroxylation is 4. The van der Waals surface area contributed by atoms with Gasteiger partial charge < -0.3 is 14.8 Å². The van der Waals surface area contributed by atoms with E-state index in [-0.39, 0.29) is 18.1 Å². The highest BCUT2D eigenvalue weighted by Crippen LogP contribution is 2.42. The summed E-state index contributed by atoms with van der Waals surface area (Å²) < 4.78 is 13.3. The molecule has 0 spiro atoms. The lowest BCUT2D eigenvalue weighted by Crippen LogP contribution is -2.41. The fraction of sp³-hybridized carbons (Fsp3) is 0.424. The number of carbonyl (C=O) groups excluding carboxylic acids is 2. The molecule has 0 bridgehead atoms. The number of hydrogen-bond donors (Lipinski definition) is 1. The zero-order valence-corrected chi connectivity index (χ0v) is 25.2. The third-order valence-electron chi connectivity index (χ3n) is 8.52. The average Bonchev–Trinajstić information content (AvgIpc) is 3.61. The van der Waals surface area contributed by atoms with Gasteiger partial charge in [-0.15, -0.1) is 0 Å². The Labute approximate surface area is 246 Å². The van der Waals surface area contributed by atoms with E-state index in [0.717, 1.165) is 92.4 Å². The quantitative estimate of drug-likeness (QED) is 0.225. The Balaban J connectivity index is 1.42. The van der Waals surface area contributed by atoms with Gasteiger partial charge in [-0.3, -0.25) is 14.3 Å². The molecule has 1 heterocycles. The molecule has 0 unspecified atom stereocenters. The summed E-state index contributed by atoms with van der Waals surface area (Å²) in [7, 11) is 1.96. The standard InChI is InChI=1S/C33H38ClN3O4/c1-19-15-23(16-20(2)32(19)34)40-14-8-11-25-24-9-6-10-26(31-21(3)36-37(5)22(31)4)27(24)17-28(25)33(39)35-29-12-7-13-30(29)41-18-38/h6,9-10,15-16,18,29-30H,7-8,11-14,17H2,1-5H3,(H,35,39)/t29-,30+/m0/s1. The van der Waals surface area contributed by atoms with Gasteiger partial charge in [0.25, 0.3) is 6.47 Å². The van der Waals surface area contributed by atoms with Crippen LogP contribution in [-0.4, -0.2) is 40.9 Å². The van der Waals surface area contributed by atoms with E-state index in [1.54, 1.807) is 0 Å². The van der Waals surface area contributed by atoms with Crippen molar-refractivity contribution in [1.29, 1.82) is 0 Å². The molecule has 8 heteroatoms. The number of fused-ring (bicyclic) bond motifs is 1. The molecule has 3 aromatic rings. The molecule has 7 nitrogen and oxygen atoms in total. The van der Waals surface area contributed by atoms with Crippen LogP contribution in [0.15, 0.2) is 35.9 Å². The highest BCUT2D eigenvalue weighted by Gasteiger charge is 2.34. The SMILES string of the molecule is Cc1cc(OCCCC2=C(C(=O)N[C@H]3CCC[C@H]3OC=O)Cc3c2cccc3-c2c(C)nn(C)c2C)cc(C)c1Cl. The molecule has 0 aliphatic heterocycles. The van der Waals surface area contributed by atoms with Crippen LogP contribution in [-0.2, 0) is 27.8 Å². The topological polar surface area (TPSA) is 82.4 Å². The molecule has 1 saturated carbocycles. The summed E-state index contributed by atoms with van der Waals surface area (Å²) in [4.78, 5) is 24.8. The minimum Gasteiger partial charge on any atom is -0.494 e. The van der Waals surface area contributed by atoms with E-state index < -0.39 is 0 Å². The molecule has 0 radical (unpaired) electrons. The van der Waals surface area contributed by atoms with Gasteiger partial charge in [-0.2, -0.15) is 5.10 Å². The molecule has 2 aromatic carbocycles. The van der Waals surface area contributed by atoms with E-state index in [1.807, 2.05) is 44.6 Å². The average molecular weight is 576 g/mol. The first-order valence-corrected chi connectivity index (χ1v) is 14.7. The van der Waals surface area contributed by atoms with Crippen LogP contribution in [0.3, 0.4) is 0 Å². The molecular formula is C33H38ClN3O4. The van der Waals surface area contributed by atoms with Gasteiger partial charge in [0.2, 0.25) is 5.91 Å². The van der Waals surface area contributed by atoms with Gasteiger partial charge in [0, 0.05) is 35.3 Å². The Morgan fingerprint density at radius 3 is 2.56 bits per heavy atom. The minimum atomic E-state index is -0.278. The van der Waals surface area contributed by atoms with Crippen molar-refractivity contribution in [2.45, 2.75) is 78.4 Å². The van der Waals surface area contributed by atoms with Crippen LogP contribution in [0.4, 0.5) is 0 Å². The number of benzene rings is 2. The van der Waals surface area contributed by atoms with Gasteiger partial charge in [0.1, 0.15) is 11.9 Å². The maximum Gasteiger partial charge on any atom is 0.293 e. The maximum atomic E-state index is 13.8. The minimum absolute atomic E-state index is 0.0851. The van der Waals surface area contributed by atoms with Crippen LogP contribution in [0.1, 0.15) is 65.7 Å². The first kappa shape index (κ1) is 28.9. The number of ether oxygens (including phenoxy) is 2. The molecule has 2 atom stereocenters. The Morgan fingerprint density at radius 1 is 1.15 bits per heavy atom. The lowest BCUT2D eigenvalue weighted by atomic mass is 9.93. The van der Waals surface area contributed by atoms with Crippen molar-refractivity contribution in [2.24, 2.45) is 7.05 Å². The summed E-state index contributed by atoms with van der Waals surface area (Å²) in [5.41, 5.74) is 10.4. The summed E-state index contributed by atoms with van der Waals surface area (Å²) in [5.74, 6) is 0.716. The molecule has 5 rings (SSSR count). The van der Waals surface area contributed by atoms with Crippen molar-refractivity contribution < 1.29 is 19.1 Å². The number of nitrogens with zero attached hydrogens (tertiary/aromatic N) is 2. The predicted molar refractivity (Wildman–Crippen MR) is 161 cm³/mol. The number of halogens is 1. The Bertz CT molecular complexity index is 1500. The number of allylic oxidation sites excluding steroid dienone is 1. The van der Waals surface area contributed by atoms with Crippen molar-refractivity contribution in [3.05, 3.63) is 74.6 Å². The largest absolute Gasteiger partial charge is 0.494 e. The smallest absolute Gasteiger partial charge is 0.293 e. The molecule has 41 heavy (non-hydrogen) atoms. The van der Waals surface area contributed by atoms with Gasteiger partial charge >= 0.3 is 0 Å². The predicted octanol–water partition coefficient (Wildman–Crippen LogP) is 6.35. The highest BCUT2D eigenvalue weighted by atomic mass is 35.5. The summed E-state index contributed by atoms with van der Waals surface area (Å²) in [6, 6.07) is 10.1. The lowest BCUT2D eigenvalue weighted by Gasteiger charge is -2.20. The van der Waals surface area contributed by atoms with Crippen LogP contribution in [0.2, 0.25) is 5.02 Å². The van der Waals surface area contributed by atoms with Crippen LogP contribution in [0.25, 0.3) is 16.7 Å². The second kappa shape index (κ2) is 12.1. The Kier molecular flexibility index (Phi) is 8.55. The first-order chi connectivity index (χ1) is 19.7. The summed E-state index contributed by atoms with van der Waals surface area (Å²) >= 11 is 6.33. The van der Waals surface area contributed by atoms with E-state index in [0.29, 0.717) is 25.9 Å². The second-order valence-electron chi connectivity index (χ2n) is 11.2. The van der Waals surface area contributed by atoms with Gasteiger partial charge in [-0.25, -0.2) is 0 Å². The molecule has 1 amide bonds. The molecule has 1 fully saturated rings. The molecule has 1 aromatic heterocycles. The third kappa shape index (κ3) is 5.78. The van der Waals surface area contributed by atoms with Gasteiger partial charge in [0.15, 0.2) is 0 Å². The van der Waals surface area contributed by atoms with E-state index in [9.17, 15) is 9.59 Å². The number of hydrogen-bond acceptors (Lipinski definition) is 5. The number of nitrogens with one attached hydrogen (secondary N) is 1. The van der Waals surface area contributed by atoms with Crippen LogP contribution in [0.5, 0.6) is 5.75 Å². The van der Waals surface area contributed by atoms with Gasteiger partial charge in [-0.05, 0) is 105 Å². The zero-order chi connectivity index (χ0) is 29.3. The molecule has 2 aliphatic rings. The summed E-state index contributed by atoms with van der Waals surface area (Å²) in [5, 5.41) is 8.61. The third-order valence-corrected chi connectivity index (χ3v) is 9.12. The first-order valence-electron chi connectivity index (χ1n) is 14.3. The number of rotatable bonds is 10. The van der Waals surface area contributed by atoms with E-state index >= 15 is 0 Å². The van der Waals surface area contributed by atoms with Gasteiger partial charge in [-0.1, -0.05) is 29.8 Å². The van der Waals surface area contributed by atoms with Crippen LogP contribution >= 0.6 is 11.6 Å². The lowest BCUT2D eigenvalue weighted by molar-refractivity contribution is -0.135. The number of aromatic nitrogens is 2. The van der Waals surface area contributed by atoms with Crippen molar-refractivity contribution in [1.82, 2.24) is 15.1 Å². The fourth-order valence-corrected chi connectivity index (χ4v) is 6.53. The van der Waals surface area contributed by atoms with Gasteiger partial charge in [0.05, 0.1) is 18.3 Å². The van der Waals surface area contributed by atoms with Crippen molar-refractivity contribution in [3.63, 3.8) is 0 Å². The van der Waals surface area contributed by atoms with Crippen LogP contribution < -0.4 is 10.1 Å². The van der Waals surface area contributed by atoms with Crippen LogP contribution in [0, 0.1) is 27.7 Å². The Morgan fingerprint density at radius 2 is 1.88 bits per heavy atom. The van der Waals surface area contributed by atoms with E-state index in [4.69, 9.17) is 21.1 Å². The zero-order valence-electron chi connectivity index (χ0n) is 24.5. The summed E-state index contributed by atoms with van der Waals surface area (Å²) in [6.45, 7) is 9.07. The molecular weight excluding hydrogens is 538 g/mol. The number of amides is 1. The molecule has 0 saturated heterocycles. The maximum absolute atomic E-state index is 13.8. The van der Waals surface area contributed by atoms with E-state index in [2.05, 4.69) is 35.5 Å². The van der Waals surface area contributed by atoms with E-state index in [1.165, 1.54) is 0 Å². The van der Waals surface area contributed by atoms with Crippen molar-refractivity contribution in [2.75, 3.05) is 6.61 Å². The molecule has 216 valence electrons. The summed E-state index contributed by atoms with van der Waals surface area (Å²) in [6.07, 6.45) is 4.20. The highest BCUT2D eigenvalue weighted by molar-refractivity contribution is 6.32. The van der Waals surface area contributed by atoms with Crippen molar-refractivity contribution >= 4 is 29.6 Å². The molecule has 1 N–H and O–H groups in total. The monoisotopic (exact) mass is 575 g/mol. The normalized spacial score (nSPS) is 18.0. The number of carbonyl (C=O) groups is 2. The molecule has 2 aliphatic carbocycles. The van der Waals surface area contributed by atoms with Crippen molar-refractivity contribution in [3.8, 4) is 16.9 Å².